The third kappa shape index (κ3) is 2.51. The van der Waals surface area contributed by atoms with Gasteiger partial charge in [-0.3, -0.25) is 0 Å². The molecule has 18 heavy (non-hydrogen) atoms. The van der Waals surface area contributed by atoms with Crippen LogP contribution in [-0.2, 0) is 0 Å². The van der Waals surface area contributed by atoms with Gasteiger partial charge in [0.25, 0.3) is 0 Å². The van der Waals surface area contributed by atoms with Crippen molar-refractivity contribution in [3.05, 3.63) is 46.5 Å². The Morgan fingerprint density at radius 3 is 2.28 bits per heavy atom. The van der Waals surface area contributed by atoms with Crippen molar-refractivity contribution in [1.82, 2.24) is 0 Å². The van der Waals surface area contributed by atoms with Gasteiger partial charge < -0.3 is 16.2 Å². The number of aromatic hydroxyl groups is 1. The number of rotatable bonds is 2. The first-order chi connectivity index (χ1) is 8.47. The molecule has 0 aliphatic heterocycles. The molecule has 0 amide bonds. The summed E-state index contributed by atoms with van der Waals surface area (Å²) in [7, 11) is 0. The number of hydrogen-bond acceptors (Lipinski definition) is 3. The van der Waals surface area contributed by atoms with Gasteiger partial charge >= 0.3 is 0 Å². The predicted octanol–water partition coefficient (Wildman–Crippen LogP) is 3.99. The van der Waals surface area contributed by atoms with E-state index in [1.807, 2.05) is 32.0 Å². The van der Waals surface area contributed by atoms with Gasteiger partial charge in [0.2, 0.25) is 0 Å². The molecule has 2 aromatic rings. The fourth-order valence-electron chi connectivity index (χ4n) is 1.82. The van der Waals surface area contributed by atoms with Crippen molar-refractivity contribution in [2.75, 3.05) is 11.1 Å². The number of phenolic OH excluding ortho intramolecular Hbond substituents is 1. The Morgan fingerprint density at radius 2 is 1.72 bits per heavy atom. The van der Waals surface area contributed by atoms with Crippen LogP contribution in [0.25, 0.3) is 0 Å². The van der Waals surface area contributed by atoms with Crippen LogP contribution in [0.4, 0.5) is 17.1 Å². The Balaban J connectivity index is 2.34. The highest BCUT2D eigenvalue weighted by molar-refractivity contribution is 6.33. The fraction of sp³-hybridized carbons (Fsp3) is 0.143. The zero-order valence-electron chi connectivity index (χ0n) is 10.3. The second-order valence-electron chi connectivity index (χ2n) is 4.32. The van der Waals surface area contributed by atoms with E-state index in [1.165, 1.54) is 0 Å². The van der Waals surface area contributed by atoms with Crippen molar-refractivity contribution in [3.8, 4) is 5.75 Å². The summed E-state index contributed by atoms with van der Waals surface area (Å²) >= 11 is 6.10. The molecule has 0 bridgehead atoms. The number of benzene rings is 2. The van der Waals surface area contributed by atoms with Gasteiger partial charge in [-0.2, -0.15) is 0 Å². The van der Waals surface area contributed by atoms with Gasteiger partial charge in [-0.1, -0.05) is 11.6 Å². The first-order valence-corrected chi connectivity index (χ1v) is 5.97. The summed E-state index contributed by atoms with van der Waals surface area (Å²) in [5.74, 6) is 0.323. The summed E-state index contributed by atoms with van der Waals surface area (Å²) in [6, 6.07) is 9.05. The molecule has 0 radical (unpaired) electrons. The van der Waals surface area contributed by atoms with Crippen molar-refractivity contribution in [2.45, 2.75) is 13.8 Å². The largest absolute Gasteiger partial charge is 0.507 e. The molecule has 0 aromatic heterocycles. The lowest BCUT2D eigenvalue weighted by molar-refractivity contribution is 0.467. The smallest absolute Gasteiger partial charge is 0.121 e. The number of hydrogen-bond donors (Lipinski definition) is 3. The van der Waals surface area contributed by atoms with Crippen LogP contribution in [0.5, 0.6) is 5.75 Å². The molecular weight excluding hydrogens is 248 g/mol. The van der Waals surface area contributed by atoms with Crippen LogP contribution in [0.1, 0.15) is 11.1 Å². The Labute approximate surface area is 111 Å². The monoisotopic (exact) mass is 262 g/mol. The normalized spacial score (nSPS) is 10.4. The molecule has 4 heteroatoms. The van der Waals surface area contributed by atoms with E-state index in [4.69, 9.17) is 17.3 Å². The van der Waals surface area contributed by atoms with Crippen LogP contribution in [0, 0.1) is 13.8 Å². The van der Waals surface area contributed by atoms with E-state index < -0.39 is 0 Å². The molecule has 94 valence electrons. The Bertz CT molecular complexity index is 573. The third-order valence-corrected chi connectivity index (χ3v) is 3.08. The van der Waals surface area contributed by atoms with Gasteiger partial charge in [0.1, 0.15) is 5.75 Å². The molecule has 2 aromatic carbocycles. The standard InChI is InChI=1S/C14H15ClN2O/c1-8-5-11(6-9(2)14(8)18)17-13-4-3-10(16)7-12(13)15/h3-7,17-18H,16H2,1-2H3. The summed E-state index contributed by atoms with van der Waals surface area (Å²) in [4.78, 5) is 0. The predicted molar refractivity (Wildman–Crippen MR) is 76.7 cm³/mol. The van der Waals surface area contributed by atoms with Crippen molar-refractivity contribution in [1.29, 1.82) is 0 Å². The van der Waals surface area contributed by atoms with Gasteiger partial charge in [0.15, 0.2) is 0 Å². The van der Waals surface area contributed by atoms with Crippen LogP contribution in [-0.4, -0.2) is 5.11 Å². The second kappa shape index (κ2) is 4.78. The molecule has 3 nitrogen and oxygen atoms in total. The Kier molecular flexibility index (Phi) is 3.34. The highest BCUT2D eigenvalue weighted by Gasteiger charge is 2.05. The lowest BCUT2D eigenvalue weighted by Gasteiger charge is -2.12. The number of nitrogens with one attached hydrogen (secondary N) is 1. The van der Waals surface area contributed by atoms with Gasteiger partial charge in [0.05, 0.1) is 10.7 Å². The van der Waals surface area contributed by atoms with E-state index in [2.05, 4.69) is 5.32 Å². The van der Waals surface area contributed by atoms with Gasteiger partial charge in [0, 0.05) is 11.4 Å². The topological polar surface area (TPSA) is 58.3 Å². The lowest BCUT2D eigenvalue weighted by atomic mass is 10.1. The number of halogens is 1. The van der Waals surface area contributed by atoms with Gasteiger partial charge in [-0.25, -0.2) is 0 Å². The zero-order chi connectivity index (χ0) is 13.3. The van der Waals surface area contributed by atoms with Crippen molar-refractivity contribution >= 4 is 28.7 Å². The van der Waals surface area contributed by atoms with Gasteiger partial charge in [-0.15, -0.1) is 0 Å². The molecule has 0 heterocycles. The Hall–Kier alpha value is -1.87. The van der Waals surface area contributed by atoms with E-state index in [0.29, 0.717) is 16.5 Å². The van der Waals surface area contributed by atoms with E-state index in [-0.39, 0.29) is 0 Å². The zero-order valence-corrected chi connectivity index (χ0v) is 11.0. The molecule has 4 N–H and O–H groups in total. The molecule has 0 spiro atoms. The van der Waals surface area contributed by atoms with E-state index in [9.17, 15) is 5.11 Å². The minimum absolute atomic E-state index is 0.323. The number of anilines is 3. The molecule has 0 aliphatic carbocycles. The third-order valence-electron chi connectivity index (χ3n) is 2.76. The van der Waals surface area contributed by atoms with Crippen LogP contribution in [0.2, 0.25) is 5.02 Å². The number of nitrogens with two attached hydrogens (primary N) is 1. The van der Waals surface area contributed by atoms with Crippen LogP contribution >= 0.6 is 11.6 Å². The number of nitrogen functional groups attached to an aromatic ring is 1. The maximum atomic E-state index is 9.72. The van der Waals surface area contributed by atoms with E-state index in [0.717, 1.165) is 22.5 Å². The van der Waals surface area contributed by atoms with E-state index in [1.54, 1.807) is 12.1 Å². The van der Waals surface area contributed by atoms with Crippen molar-refractivity contribution in [3.63, 3.8) is 0 Å². The van der Waals surface area contributed by atoms with Crippen LogP contribution in [0.15, 0.2) is 30.3 Å². The quantitative estimate of drug-likeness (QED) is 0.567. The molecule has 2 rings (SSSR count). The second-order valence-corrected chi connectivity index (χ2v) is 4.73. The molecular formula is C14H15ClN2O. The minimum Gasteiger partial charge on any atom is -0.507 e. The molecule has 0 atom stereocenters. The lowest BCUT2D eigenvalue weighted by Crippen LogP contribution is -1.94. The average Bonchev–Trinajstić information content (AvgIpc) is 2.29. The summed E-state index contributed by atoms with van der Waals surface area (Å²) in [5, 5.41) is 13.5. The summed E-state index contributed by atoms with van der Waals surface area (Å²) in [6.45, 7) is 3.72. The first-order valence-electron chi connectivity index (χ1n) is 5.59. The average molecular weight is 263 g/mol. The summed E-state index contributed by atoms with van der Waals surface area (Å²) < 4.78 is 0. The molecule has 0 unspecified atom stereocenters. The van der Waals surface area contributed by atoms with Crippen molar-refractivity contribution < 1.29 is 5.11 Å². The first kappa shape index (κ1) is 12.6. The van der Waals surface area contributed by atoms with Gasteiger partial charge in [-0.05, 0) is 55.3 Å². The number of phenols is 1. The number of aryl methyl sites for hydroxylation is 2. The van der Waals surface area contributed by atoms with Crippen LogP contribution < -0.4 is 11.1 Å². The molecule has 0 saturated heterocycles. The fourth-order valence-corrected chi connectivity index (χ4v) is 2.05. The maximum Gasteiger partial charge on any atom is 0.121 e. The molecule has 0 fully saturated rings. The molecule has 0 aliphatic rings. The highest BCUT2D eigenvalue weighted by Crippen LogP contribution is 2.31. The maximum absolute atomic E-state index is 9.72. The van der Waals surface area contributed by atoms with Crippen molar-refractivity contribution in [2.24, 2.45) is 0 Å². The van der Waals surface area contributed by atoms with E-state index >= 15 is 0 Å². The SMILES string of the molecule is Cc1cc(Nc2ccc(N)cc2Cl)cc(C)c1O. The summed E-state index contributed by atoms with van der Waals surface area (Å²) in [6.07, 6.45) is 0. The minimum atomic E-state index is 0.323. The van der Waals surface area contributed by atoms with Crippen LogP contribution in [0.3, 0.4) is 0 Å². The molecule has 0 saturated carbocycles. The highest BCUT2D eigenvalue weighted by atomic mass is 35.5. The Morgan fingerprint density at radius 1 is 1.11 bits per heavy atom. The summed E-state index contributed by atoms with van der Waals surface area (Å²) in [5.41, 5.74) is 9.59.